The lowest BCUT2D eigenvalue weighted by molar-refractivity contribution is 0.101. The Morgan fingerprint density at radius 2 is 2.17 bits per heavy atom. The Labute approximate surface area is 139 Å². The van der Waals surface area contributed by atoms with Gasteiger partial charge in [0.25, 0.3) is 5.91 Å². The molecule has 0 fully saturated rings. The molecule has 0 spiro atoms. The number of benzene rings is 1. The van der Waals surface area contributed by atoms with Gasteiger partial charge in [-0.05, 0) is 31.2 Å². The van der Waals surface area contributed by atoms with Gasteiger partial charge in [-0.2, -0.15) is 10.2 Å². The van der Waals surface area contributed by atoms with E-state index in [1.54, 1.807) is 34.7 Å². The molecule has 0 radical (unpaired) electrons. The second-order valence-corrected chi connectivity index (χ2v) is 5.39. The fourth-order valence-corrected chi connectivity index (χ4v) is 2.37. The van der Waals surface area contributed by atoms with Gasteiger partial charge in [-0.3, -0.25) is 14.2 Å². The number of carbonyl (C=O) groups is 1. The van der Waals surface area contributed by atoms with Crippen molar-refractivity contribution in [2.24, 2.45) is 7.05 Å². The first-order valence-electron chi connectivity index (χ1n) is 7.64. The molecule has 7 heteroatoms. The Hall–Kier alpha value is -3.09. The van der Waals surface area contributed by atoms with Gasteiger partial charge in [0.05, 0.1) is 12.2 Å². The van der Waals surface area contributed by atoms with E-state index in [9.17, 15) is 4.79 Å². The van der Waals surface area contributed by atoms with E-state index in [0.717, 1.165) is 5.69 Å². The highest BCUT2D eigenvalue weighted by atomic mass is 16.5. The fourth-order valence-electron chi connectivity index (χ4n) is 2.37. The van der Waals surface area contributed by atoms with E-state index in [2.05, 4.69) is 15.5 Å². The SMILES string of the molecule is Cc1cc(C(=O)Nc2cccc(OCCn3cccn3)c2)n(C)n1. The molecular formula is C17H19N5O2. The molecule has 7 nitrogen and oxygen atoms in total. The number of nitrogens with zero attached hydrogens (tertiary/aromatic N) is 4. The molecule has 2 aromatic heterocycles. The topological polar surface area (TPSA) is 74.0 Å². The number of aromatic nitrogens is 4. The van der Waals surface area contributed by atoms with E-state index in [-0.39, 0.29) is 5.91 Å². The van der Waals surface area contributed by atoms with Crippen LogP contribution in [-0.2, 0) is 13.6 Å². The van der Waals surface area contributed by atoms with Gasteiger partial charge in [0.2, 0.25) is 0 Å². The highest BCUT2D eigenvalue weighted by molar-refractivity contribution is 6.03. The lowest BCUT2D eigenvalue weighted by atomic mass is 10.3. The molecule has 1 N–H and O–H groups in total. The van der Waals surface area contributed by atoms with Crippen molar-refractivity contribution in [1.82, 2.24) is 19.6 Å². The van der Waals surface area contributed by atoms with Crippen molar-refractivity contribution < 1.29 is 9.53 Å². The predicted molar refractivity (Wildman–Crippen MR) is 90.1 cm³/mol. The standard InChI is InChI=1S/C17H19N5O2/c1-13-11-16(21(2)20-13)17(23)19-14-5-3-6-15(12-14)24-10-9-22-8-4-7-18-22/h3-8,11-12H,9-10H2,1-2H3,(H,19,23). The summed E-state index contributed by atoms with van der Waals surface area (Å²) >= 11 is 0. The van der Waals surface area contributed by atoms with Crippen molar-refractivity contribution in [2.45, 2.75) is 13.5 Å². The van der Waals surface area contributed by atoms with E-state index < -0.39 is 0 Å². The number of amides is 1. The number of nitrogens with one attached hydrogen (secondary N) is 1. The van der Waals surface area contributed by atoms with Crippen LogP contribution in [0.3, 0.4) is 0 Å². The predicted octanol–water partition coefficient (Wildman–Crippen LogP) is 2.26. The molecule has 3 rings (SSSR count). The van der Waals surface area contributed by atoms with Gasteiger partial charge in [0.15, 0.2) is 0 Å². The number of rotatable bonds is 6. The lowest BCUT2D eigenvalue weighted by Crippen LogP contribution is -2.16. The molecule has 1 amide bonds. The number of aryl methyl sites for hydroxylation is 2. The Morgan fingerprint density at radius 3 is 2.88 bits per heavy atom. The zero-order valence-corrected chi connectivity index (χ0v) is 13.6. The van der Waals surface area contributed by atoms with Gasteiger partial charge >= 0.3 is 0 Å². The van der Waals surface area contributed by atoms with Gasteiger partial charge in [-0.1, -0.05) is 6.07 Å². The molecule has 0 unspecified atom stereocenters. The number of hydrogen-bond acceptors (Lipinski definition) is 4. The average Bonchev–Trinajstić information content (AvgIpc) is 3.17. The average molecular weight is 325 g/mol. The Bertz CT molecular complexity index is 823. The van der Waals surface area contributed by atoms with Crippen LogP contribution in [0.2, 0.25) is 0 Å². The van der Waals surface area contributed by atoms with Crippen molar-refractivity contribution in [2.75, 3.05) is 11.9 Å². The highest BCUT2D eigenvalue weighted by Gasteiger charge is 2.12. The third-order valence-electron chi connectivity index (χ3n) is 3.47. The van der Waals surface area contributed by atoms with Gasteiger partial charge in [-0.15, -0.1) is 0 Å². The quantitative estimate of drug-likeness (QED) is 0.754. The Kier molecular flexibility index (Phi) is 4.60. The maximum absolute atomic E-state index is 12.3. The van der Waals surface area contributed by atoms with Crippen molar-refractivity contribution >= 4 is 11.6 Å². The Morgan fingerprint density at radius 1 is 1.29 bits per heavy atom. The zero-order chi connectivity index (χ0) is 16.9. The van der Waals surface area contributed by atoms with Crippen LogP contribution >= 0.6 is 0 Å². The molecule has 24 heavy (non-hydrogen) atoms. The largest absolute Gasteiger partial charge is 0.492 e. The molecule has 3 aromatic rings. The second kappa shape index (κ2) is 6.99. The van der Waals surface area contributed by atoms with E-state index in [1.165, 1.54) is 0 Å². The smallest absolute Gasteiger partial charge is 0.273 e. The summed E-state index contributed by atoms with van der Waals surface area (Å²) in [5.41, 5.74) is 1.99. The summed E-state index contributed by atoms with van der Waals surface area (Å²) in [7, 11) is 1.75. The number of hydrogen-bond donors (Lipinski definition) is 1. The fraction of sp³-hybridized carbons (Fsp3) is 0.235. The first-order valence-corrected chi connectivity index (χ1v) is 7.64. The zero-order valence-electron chi connectivity index (χ0n) is 13.6. The van der Waals surface area contributed by atoms with Crippen LogP contribution in [0.15, 0.2) is 48.8 Å². The van der Waals surface area contributed by atoms with Crippen molar-refractivity contribution in [3.05, 3.63) is 60.2 Å². The molecule has 0 bridgehead atoms. The first-order chi connectivity index (χ1) is 11.6. The van der Waals surface area contributed by atoms with Gasteiger partial charge in [0, 0.05) is 31.2 Å². The summed E-state index contributed by atoms with van der Waals surface area (Å²) < 4.78 is 9.07. The minimum Gasteiger partial charge on any atom is -0.492 e. The minimum atomic E-state index is -0.202. The maximum Gasteiger partial charge on any atom is 0.273 e. The lowest BCUT2D eigenvalue weighted by Gasteiger charge is -2.09. The number of anilines is 1. The first kappa shape index (κ1) is 15.8. The normalized spacial score (nSPS) is 10.6. The van der Waals surface area contributed by atoms with Gasteiger partial charge < -0.3 is 10.1 Å². The molecule has 0 saturated carbocycles. The maximum atomic E-state index is 12.3. The molecule has 2 heterocycles. The summed E-state index contributed by atoms with van der Waals surface area (Å²) in [4.78, 5) is 12.3. The van der Waals surface area contributed by atoms with E-state index >= 15 is 0 Å². The van der Waals surface area contributed by atoms with E-state index in [0.29, 0.717) is 30.3 Å². The van der Waals surface area contributed by atoms with Crippen LogP contribution in [0, 0.1) is 6.92 Å². The van der Waals surface area contributed by atoms with Crippen LogP contribution in [-0.4, -0.2) is 32.1 Å². The molecule has 124 valence electrons. The number of ether oxygens (including phenoxy) is 1. The minimum absolute atomic E-state index is 0.202. The van der Waals surface area contributed by atoms with E-state index in [1.807, 2.05) is 37.4 Å². The van der Waals surface area contributed by atoms with Crippen LogP contribution in [0.4, 0.5) is 5.69 Å². The summed E-state index contributed by atoms with van der Waals surface area (Å²) in [6, 6.07) is 10.9. The summed E-state index contributed by atoms with van der Waals surface area (Å²) in [5.74, 6) is 0.493. The molecule has 1 aromatic carbocycles. The monoisotopic (exact) mass is 325 g/mol. The molecule has 0 atom stereocenters. The van der Waals surface area contributed by atoms with Gasteiger partial charge in [0.1, 0.15) is 18.1 Å². The molecule has 0 aliphatic rings. The summed E-state index contributed by atoms with van der Waals surface area (Å²) in [5, 5.41) is 11.2. The summed E-state index contributed by atoms with van der Waals surface area (Å²) in [6.07, 6.45) is 3.62. The third-order valence-corrected chi connectivity index (χ3v) is 3.47. The Balaban J connectivity index is 1.60. The summed E-state index contributed by atoms with van der Waals surface area (Å²) in [6.45, 7) is 3.02. The van der Waals surface area contributed by atoms with Crippen LogP contribution in [0.25, 0.3) is 0 Å². The van der Waals surface area contributed by atoms with Crippen LogP contribution in [0.1, 0.15) is 16.2 Å². The molecular weight excluding hydrogens is 306 g/mol. The molecule has 0 aliphatic carbocycles. The van der Waals surface area contributed by atoms with Crippen molar-refractivity contribution in [3.63, 3.8) is 0 Å². The highest BCUT2D eigenvalue weighted by Crippen LogP contribution is 2.18. The van der Waals surface area contributed by atoms with Crippen molar-refractivity contribution in [3.8, 4) is 5.75 Å². The van der Waals surface area contributed by atoms with Crippen LogP contribution < -0.4 is 10.1 Å². The number of carbonyl (C=O) groups excluding carboxylic acids is 1. The molecule has 0 saturated heterocycles. The van der Waals surface area contributed by atoms with Crippen molar-refractivity contribution in [1.29, 1.82) is 0 Å². The van der Waals surface area contributed by atoms with Gasteiger partial charge in [-0.25, -0.2) is 0 Å². The van der Waals surface area contributed by atoms with Crippen LogP contribution in [0.5, 0.6) is 5.75 Å². The second-order valence-electron chi connectivity index (χ2n) is 5.39. The van der Waals surface area contributed by atoms with E-state index in [4.69, 9.17) is 4.74 Å². The molecule has 0 aliphatic heterocycles. The third kappa shape index (κ3) is 3.81.